The highest BCUT2D eigenvalue weighted by Crippen LogP contribution is 2.42. The van der Waals surface area contributed by atoms with Gasteiger partial charge in [0.1, 0.15) is 11.3 Å². The maximum Gasteiger partial charge on any atom is 0.451 e. The minimum absolute atomic E-state index is 0.0251. The molecule has 0 bridgehead atoms. The van der Waals surface area contributed by atoms with Gasteiger partial charge in [0.15, 0.2) is 5.82 Å². The summed E-state index contributed by atoms with van der Waals surface area (Å²) in [5.41, 5.74) is -1.34. The van der Waals surface area contributed by atoms with Crippen LogP contribution in [0.5, 0.6) is 0 Å². The first kappa shape index (κ1) is 25.2. The van der Waals surface area contributed by atoms with Gasteiger partial charge in [0.05, 0.1) is 17.8 Å². The molecule has 5 rings (SSSR count). The van der Waals surface area contributed by atoms with E-state index in [2.05, 4.69) is 15.2 Å². The van der Waals surface area contributed by atoms with Crippen molar-refractivity contribution in [2.24, 2.45) is 11.8 Å². The van der Waals surface area contributed by atoms with Gasteiger partial charge in [0.25, 0.3) is 0 Å². The molecule has 0 spiro atoms. The molecule has 1 aromatic carbocycles. The molecule has 1 saturated heterocycles. The zero-order valence-electron chi connectivity index (χ0n) is 19.4. The van der Waals surface area contributed by atoms with E-state index >= 15 is 0 Å². The Bertz CT molecular complexity index is 1350. The third-order valence-corrected chi connectivity index (χ3v) is 6.98. The fourth-order valence-electron chi connectivity index (χ4n) is 5.23. The van der Waals surface area contributed by atoms with Crippen LogP contribution in [0, 0.1) is 17.7 Å². The lowest BCUT2D eigenvalue weighted by Crippen LogP contribution is -2.49. The third-order valence-electron chi connectivity index (χ3n) is 6.98. The average Bonchev–Trinajstić information content (AvgIpc) is 3.26. The minimum atomic E-state index is -4.72. The Kier molecular flexibility index (Phi) is 6.02. The summed E-state index contributed by atoms with van der Waals surface area (Å²) in [6, 6.07) is 3.83. The van der Waals surface area contributed by atoms with Crippen molar-refractivity contribution in [1.29, 1.82) is 0 Å². The fourth-order valence-corrected chi connectivity index (χ4v) is 5.23. The van der Waals surface area contributed by atoms with Gasteiger partial charge in [-0.2, -0.15) is 26.3 Å². The lowest BCUT2D eigenvalue weighted by molar-refractivity contribution is -0.148. The largest absolute Gasteiger partial charge is 0.451 e. The van der Waals surface area contributed by atoms with Crippen molar-refractivity contribution in [2.75, 3.05) is 24.5 Å². The molecule has 7 nitrogen and oxygen atoms in total. The maximum absolute atomic E-state index is 14.3. The molecule has 1 amide bonds. The van der Waals surface area contributed by atoms with Crippen molar-refractivity contribution < 1.29 is 35.5 Å². The number of carbonyl (C=O) groups excluding carboxylic acids is 1. The minimum Gasteiger partial charge on any atom is -0.370 e. The molecule has 0 radical (unpaired) electrons. The van der Waals surface area contributed by atoms with Crippen LogP contribution in [-0.2, 0) is 30.2 Å². The highest BCUT2D eigenvalue weighted by atomic mass is 19.4. The van der Waals surface area contributed by atoms with E-state index in [1.165, 1.54) is 21.9 Å². The first-order valence-corrected chi connectivity index (χ1v) is 11.5. The maximum atomic E-state index is 14.3. The van der Waals surface area contributed by atoms with Gasteiger partial charge in [-0.05, 0) is 18.4 Å². The highest BCUT2D eigenvalue weighted by Gasteiger charge is 2.42. The van der Waals surface area contributed by atoms with Crippen LogP contribution in [0.1, 0.15) is 30.6 Å². The number of aromatic nitrogens is 4. The first-order chi connectivity index (χ1) is 17.4. The highest BCUT2D eigenvalue weighted by molar-refractivity contribution is 5.94. The average molecular weight is 530 g/mol. The Morgan fingerprint density at radius 1 is 1.03 bits per heavy atom. The number of halogens is 7. The van der Waals surface area contributed by atoms with E-state index < -0.39 is 35.5 Å². The summed E-state index contributed by atoms with van der Waals surface area (Å²) in [6.45, 7) is 1.71. The molecule has 2 aliphatic rings. The molecular weight excluding hydrogens is 509 g/mol. The number of nitrogens with zero attached hydrogens (tertiary/aromatic N) is 6. The zero-order valence-corrected chi connectivity index (χ0v) is 19.4. The van der Waals surface area contributed by atoms with Gasteiger partial charge in [-0.1, -0.05) is 19.1 Å². The van der Waals surface area contributed by atoms with E-state index in [4.69, 9.17) is 0 Å². The van der Waals surface area contributed by atoms with Crippen molar-refractivity contribution in [1.82, 2.24) is 24.6 Å². The molecular formula is C23H21F7N6O. The van der Waals surface area contributed by atoms with Gasteiger partial charge in [-0.15, -0.1) is 10.2 Å². The molecule has 37 heavy (non-hydrogen) atoms. The van der Waals surface area contributed by atoms with Crippen LogP contribution in [0.2, 0.25) is 0 Å². The molecule has 0 N–H and O–H groups in total. The summed E-state index contributed by atoms with van der Waals surface area (Å²) in [5.74, 6) is -3.06. The number of piperidine rings is 1. The van der Waals surface area contributed by atoms with Gasteiger partial charge in [-0.3, -0.25) is 9.78 Å². The second-order valence-electron chi connectivity index (χ2n) is 9.32. The molecule has 0 saturated carbocycles. The van der Waals surface area contributed by atoms with Gasteiger partial charge in [0.2, 0.25) is 11.7 Å². The predicted molar refractivity (Wildman–Crippen MR) is 117 cm³/mol. The number of carbonyl (C=O) groups is 1. The standard InChI is InChI=1S/C23H21F7N6O/c1-12-10-34(19-14-3-2-4-16(24)18(14)31-9-15(19)22(25,26)27)6-5-13(12)20(37)35-7-8-36-17(11-35)32-33-21(36)23(28,29)30/h2-4,9,12-13H,5-8,10-11H2,1H3/t12-,13+/m1/s1. The molecule has 2 aliphatic heterocycles. The number of hydrogen-bond acceptors (Lipinski definition) is 5. The van der Waals surface area contributed by atoms with Crippen LogP contribution >= 0.6 is 0 Å². The summed E-state index contributed by atoms with van der Waals surface area (Å²) in [7, 11) is 0. The first-order valence-electron chi connectivity index (χ1n) is 11.5. The molecule has 14 heteroatoms. The molecule has 1 fully saturated rings. The van der Waals surface area contributed by atoms with Crippen molar-refractivity contribution >= 4 is 22.5 Å². The number of pyridine rings is 1. The van der Waals surface area contributed by atoms with E-state index in [1.54, 1.807) is 6.92 Å². The monoisotopic (exact) mass is 530 g/mol. The van der Waals surface area contributed by atoms with Crippen LogP contribution < -0.4 is 4.90 Å². The summed E-state index contributed by atoms with van der Waals surface area (Å²) in [5, 5.41) is 6.83. The van der Waals surface area contributed by atoms with Crippen molar-refractivity contribution in [3.63, 3.8) is 0 Å². The Morgan fingerprint density at radius 3 is 2.46 bits per heavy atom. The van der Waals surface area contributed by atoms with Crippen LogP contribution in [0.3, 0.4) is 0 Å². The van der Waals surface area contributed by atoms with Crippen LogP contribution in [-0.4, -0.2) is 50.2 Å². The van der Waals surface area contributed by atoms with Crippen molar-refractivity contribution in [2.45, 2.75) is 38.8 Å². The van der Waals surface area contributed by atoms with E-state index in [-0.39, 0.29) is 73.4 Å². The number of benzene rings is 1. The molecule has 3 aromatic rings. The Morgan fingerprint density at radius 2 is 1.78 bits per heavy atom. The second-order valence-corrected chi connectivity index (χ2v) is 9.32. The van der Waals surface area contributed by atoms with Crippen LogP contribution in [0.4, 0.5) is 36.4 Å². The van der Waals surface area contributed by atoms with Crippen molar-refractivity contribution in [3.8, 4) is 0 Å². The van der Waals surface area contributed by atoms with Crippen LogP contribution in [0.25, 0.3) is 10.9 Å². The molecule has 0 aliphatic carbocycles. The molecule has 2 aromatic heterocycles. The van der Waals surface area contributed by atoms with E-state index in [1.807, 2.05) is 0 Å². The number of fused-ring (bicyclic) bond motifs is 2. The smallest absolute Gasteiger partial charge is 0.370 e. The SMILES string of the molecule is C[C@@H]1CN(c2c(C(F)(F)F)cnc3c(F)cccc23)CC[C@@H]1C(=O)N1CCn2c(nnc2C(F)(F)F)C1. The third kappa shape index (κ3) is 4.46. The molecule has 2 atom stereocenters. The summed E-state index contributed by atoms with van der Waals surface area (Å²) in [6.07, 6.45) is -8.54. The van der Waals surface area contributed by atoms with Crippen LogP contribution in [0.15, 0.2) is 24.4 Å². The predicted octanol–water partition coefficient (Wildman–Crippen LogP) is 4.51. The van der Waals surface area contributed by atoms with E-state index in [0.29, 0.717) is 6.20 Å². The van der Waals surface area contributed by atoms with Gasteiger partial charge in [0, 0.05) is 43.7 Å². The molecule has 198 valence electrons. The summed E-state index contributed by atoms with van der Waals surface area (Å²) in [4.78, 5) is 19.9. The molecule has 0 unspecified atom stereocenters. The number of alkyl halides is 6. The second kappa shape index (κ2) is 8.84. The summed E-state index contributed by atoms with van der Waals surface area (Å²) >= 11 is 0. The molecule has 4 heterocycles. The summed E-state index contributed by atoms with van der Waals surface area (Å²) < 4.78 is 96.2. The van der Waals surface area contributed by atoms with Gasteiger partial charge in [-0.25, -0.2) is 4.39 Å². The Hall–Kier alpha value is -3.45. The number of para-hydroxylation sites is 1. The van der Waals surface area contributed by atoms with Gasteiger partial charge >= 0.3 is 12.4 Å². The normalized spacial score (nSPS) is 20.9. The number of anilines is 1. The van der Waals surface area contributed by atoms with Crippen molar-refractivity contribution in [3.05, 3.63) is 47.4 Å². The Labute approximate surface area is 205 Å². The fraction of sp³-hybridized carbons (Fsp3) is 0.478. The number of amides is 1. The van der Waals surface area contributed by atoms with E-state index in [0.717, 1.165) is 10.6 Å². The lowest BCUT2D eigenvalue weighted by Gasteiger charge is -2.41. The van der Waals surface area contributed by atoms with E-state index in [9.17, 15) is 35.5 Å². The topological polar surface area (TPSA) is 67.2 Å². The zero-order chi connectivity index (χ0) is 26.7. The quantitative estimate of drug-likeness (QED) is 0.457. The lowest BCUT2D eigenvalue weighted by atomic mass is 9.85. The Balaban J connectivity index is 1.37. The number of hydrogen-bond donors (Lipinski definition) is 0. The van der Waals surface area contributed by atoms with Gasteiger partial charge < -0.3 is 14.4 Å². The number of rotatable bonds is 2.